The maximum atomic E-state index is 13.3. The molecule has 166 valence electrons. The molecule has 1 saturated heterocycles. The van der Waals surface area contributed by atoms with Gasteiger partial charge in [0.15, 0.2) is 5.76 Å². The number of furan rings is 1. The van der Waals surface area contributed by atoms with E-state index in [1.807, 2.05) is 31.2 Å². The molecule has 8 nitrogen and oxygen atoms in total. The van der Waals surface area contributed by atoms with Crippen LogP contribution >= 0.6 is 0 Å². The van der Waals surface area contributed by atoms with Crippen molar-refractivity contribution >= 4 is 22.8 Å². The second kappa shape index (κ2) is 8.48. The third kappa shape index (κ3) is 3.85. The molecule has 3 heterocycles. The molecule has 8 heteroatoms. The zero-order valence-corrected chi connectivity index (χ0v) is 18.0. The monoisotopic (exact) mass is 442 g/mol. The SMILES string of the molecule is Cc1c(C(=O)N2CCO[C@@H](c3nccnc3-c3ccc(C(N)=O)cc3)C2)oc2ccccc12. The standard InChI is InChI=1S/C25H22N4O4/c1-15-18-4-2-3-5-19(18)33-23(15)25(31)29-12-13-32-20(14-29)22-21(27-10-11-28-22)16-6-8-17(9-7-16)24(26)30/h2-11,20H,12-14H2,1H3,(H2,26,30)/t20-/m1/s1. The Kier molecular flexibility index (Phi) is 5.35. The Morgan fingerprint density at radius 2 is 1.82 bits per heavy atom. The Morgan fingerprint density at radius 3 is 2.58 bits per heavy atom. The van der Waals surface area contributed by atoms with Crippen molar-refractivity contribution in [1.82, 2.24) is 14.9 Å². The summed E-state index contributed by atoms with van der Waals surface area (Å²) in [7, 11) is 0. The smallest absolute Gasteiger partial charge is 0.290 e. The summed E-state index contributed by atoms with van der Waals surface area (Å²) in [4.78, 5) is 35.4. The average molecular weight is 442 g/mol. The number of rotatable bonds is 4. The van der Waals surface area contributed by atoms with Crippen LogP contribution in [-0.4, -0.2) is 46.4 Å². The van der Waals surface area contributed by atoms with E-state index >= 15 is 0 Å². The Labute approximate surface area is 190 Å². The lowest BCUT2D eigenvalue weighted by Gasteiger charge is -2.32. The fourth-order valence-corrected chi connectivity index (χ4v) is 4.12. The maximum absolute atomic E-state index is 13.3. The molecular formula is C25H22N4O4. The van der Waals surface area contributed by atoms with Crippen LogP contribution in [0.2, 0.25) is 0 Å². The maximum Gasteiger partial charge on any atom is 0.290 e. The van der Waals surface area contributed by atoms with E-state index in [0.717, 1.165) is 16.5 Å². The summed E-state index contributed by atoms with van der Waals surface area (Å²) in [5.41, 5.74) is 9.32. The van der Waals surface area contributed by atoms with E-state index in [1.165, 1.54) is 0 Å². The molecule has 33 heavy (non-hydrogen) atoms. The van der Waals surface area contributed by atoms with Gasteiger partial charge in [-0.25, -0.2) is 0 Å². The van der Waals surface area contributed by atoms with E-state index in [1.54, 1.807) is 41.6 Å². The van der Waals surface area contributed by atoms with Crippen molar-refractivity contribution in [3.05, 3.63) is 83.5 Å². The number of benzene rings is 2. The van der Waals surface area contributed by atoms with Crippen LogP contribution in [0.3, 0.4) is 0 Å². The van der Waals surface area contributed by atoms with Crippen LogP contribution in [0.25, 0.3) is 22.2 Å². The van der Waals surface area contributed by atoms with Gasteiger partial charge in [-0.05, 0) is 25.1 Å². The van der Waals surface area contributed by atoms with Gasteiger partial charge in [-0.1, -0.05) is 30.3 Å². The predicted octanol–water partition coefficient (Wildman–Crippen LogP) is 3.51. The first kappa shape index (κ1) is 20.8. The van der Waals surface area contributed by atoms with Crippen LogP contribution in [0, 0.1) is 6.92 Å². The topological polar surface area (TPSA) is 112 Å². The van der Waals surface area contributed by atoms with Gasteiger partial charge in [-0.2, -0.15) is 0 Å². The highest BCUT2D eigenvalue weighted by Gasteiger charge is 2.31. The van der Waals surface area contributed by atoms with Gasteiger partial charge in [0.1, 0.15) is 11.7 Å². The van der Waals surface area contributed by atoms with Gasteiger partial charge < -0.3 is 19.8 Å². The molecule has 2 aromatic heterocycles. The van der Waals surface area contributed by atoms with Crippen molar-refractivity contribution in [2.24, 2.45) is 5.73 Å². The molecule has 2 aromatic carbocycles. The molecule has 1 atom stereocenters. The highest BCUT2D eigenvalue weighted by atomic mass is 16.5. The molecule has 0 radical (unpaired) electrons. The zero-order valence-electron chi connectivity index (χ0n) is 18.0. The predicted molar refractivity (Wildman–Crippen MR) is 122 cm³/mol. The summed E-state index contributed by atoms with van der Waals surface area (Å²) >= 11 is 0. The van der Waals surface area contributed by atoms with Crippen molar-refractivity contribution in [3.8, 4) is 11.3 Å². The Bertz CT molecular complexity index is 1350. The summed E-state index contributed by atoms with van der Waals surface area (Å²) in [5.74, 6) is -0.321. The third-order valence-electron chi connectivity index (χ3n) is 5.87. The molecule has 1 aliphatic rings. The summed E-state index contributed by atoms with van der Waals surface area (Å²) in [6.45, 7) is 3.04. The van der Waals surface area contributed by atoms with E-state index in [4.69, 9.17) is 14.9 Å². The molecule has 0 bridgehead atoms. The van der Waals surface area contributed by atoms with Gasteiger partial charge in [-0.3, -0.25) is 19.6 Å². The second-order valence-electron chi connectivity index (χ2n) is 7.89. The Hall–Kier alpha value is -4.04. The first-order chi connectivity index (χ1) is 16.0. The number of amides is 2. The number of hydrogen-bond acceptors (Lipinski definition) is 6. The first-order valence-electron chi connectivity index (χ1n) is 10.6. The highest BCUT2D eigenvalue weighted by molar-refractivity contribution is 5.99. The van der Waals surface area contributed by atoms with Crippen molar-refractivity contribution in [1.29, 1.82) is 0 Å². The van der Waals surface area contributed by atoms with Gasteiger partial charge in [0, 0.05) is 41.0 Å². The van der Waals surface area contributed by atoms with Crippen LogP contribution in [-0.2, 0) is 4.74 Å². The molecule has 4 aromatic rings. The number of nitrogens with zero attached hydrogens (tertiary/aromatic N) is 3. The Morgan fingerprint density at radius 1 is 1.06 bits per heavy atom. The Balaban J connectivity index is 1.43. The normalized spacial score (nSPS) is 16.2. The number of fused-ring (bicyclic) bond motifs is 1. The molecule has 0 aliphatic carbocycles. The zero-order chi connectivity index (χ0) is 22.9. The van der Waals surface area contributed by atoms with Crippen LogP contribution < -0.4 is 5.73 Å². The molecule has 5 rings (SSSR count). The number of hydrogen-bond donors (Lipinski definition) is 1. The van der Waals surface area contributed by atoms with E-state index in [-0.39, 0.29) is 5.91 Å². The molecule has 1 aliphatic heterocycles. The number of ether oxygens (including phenoxy) is 1. The number of para-hydroxylation sites is 1. The van der Waals surface area contributed by atoms with Crippen LogP contribution in [0.1, 0.15) is 38.3 Å². The molecule has 1 fully saturated rings. The summed E-state index contributed by atoms with van der Waals surface area (Å²) in [6.07, 6.45) is 2.75. The van der Waals surface area contributed by atoms with E-state index < -0.39 is 12.0 Å². The number of primary amides is 1. The van der Waals surface area contributed by atoms with Gasteiger partial charge in [0.05, 0.1) is 24.5 Å². The first-order valence-corrected chi connectivity index (χ1v) is 10.6. The van der Waals surface area contributed by atoms with Crippen LogP contribution in [0.4, 0.5) is 0 Å². The number of morpholine rings is 1. The largest absolute Gasteiger partial charge is 0.451 e. The number of carbonyl (C=O) groups is 2. The molecule has 0 spiro atoms. The second-order valence-corrected chi connectivity index (χ2v) is 7.89. The molecule has 0 saturated carbocycles. The third-order valence-corrected chi connectivity index (χ3v) is 5.87. The quantitative estimate of drug-likeness (QED) is 0.518. The minimum absolute atomic E-state index is 0.173. The van der Waals surface area contributed by atoms with Crippen molar-refractivity contribution in [2.45, 2.75) is 13.0 Å². The van der Waals surface area contributed by atoms with Crippen molar-refractivity contribution in [2.75, 3.05) is 19.7 Å². The lowest BCUT2D eigenvalue weighted by molar-refractivity contribution is -0.0254. The van der Waals surface area contributed by atoms with Gasteiger partial charge in [-0.15, -0.1) is 0 Å². The van der Waals surface area contributed by atoms with Gasteiger partial charge in [0.25, 0.3) is 5.91 Å². The van der Waals surface area contributed by atoms with E-state index in [0.29, 0.717) is 48.0 Å². The fraction of sp³-hybridized carbons (Fsp3) is 0.200. The number of aryl methyl sites for hydroxylation is 1. The van der Waals surface area contributed by atoms with Crippen molar-refractivity contribution < 1.29 is 18.7 Å². The minimum atomic E-state index is -0.494. The highest BCUT2D eigenvalue weighted by Crippen LogP contribution is 2.31. The summed E-state index contributed by atoms with van der Waals surface area (Å²) < 4.78 is 11.9. The lowest BCUT2D eigenvalue weighted by Crippen LogP contribution is -2.42. The lowest BCUT2D eigenvalue weighted by atomic mass is 10.0. The average Bonchev–Trinajstić information content (AvgIpc) is 3.20. The fourth-order valence-electron chi connectivity index (χ4n) is 4.12. The molecule has 2 amide bonds. The summed E-state index contributed by atoms with van der Waals surface area (Å²) in [5, 5.41) is 0.932. The molecule has 0 unspecified atom stereocenters. The van der Waals surface area contributed by atoms with Crippen molar-refractivity contribution in [3.63, 3.8) is 0 Å². The van der Waals surface area contributed by atoms with E-state index in [2.05, 4.69) is 9.97 Å². The van der Waals surface area contributed by atoms with Gasteiger partial charge in [0.2, 0.25) is 5.91 Å². The van der Waals surface area contributed by atoms with Crippen LogP contribution in [0.5, 0.6) is 0 Å². The van der Waals surface area contributed by atoms with Gasteiger partial charge >= 0.3 is 0 Å². The number of aromatic nitrogens is 2. The molecule has 2 N–H and O–H groups in total. The minimum Gasteiger partial charge on any atom is -0.451 e. The number of nitrogens with two attached hydrogens (primary N) is 1. The van der Waals surface area contributed by atoms with E-state index in [9.17, 15) is 9.59 Å². The molecular weight excluding hydrogens is 420 g/mol. The van der Waals surface area contributed by atoms with Crippen LogP contribution in [0.15, 0.2) is 65.3 Å². The number of carbonyl (C=O) groups excluding carboxylic acids is 2. The summed E-state index contributed by atoms with van der Waals surface area (Å²) in [6, 6.07) is 14.5.